The molecule has 1 atom stereocenters. The minimum Gasteiger partial charge on any atom is -0.357 e. The van der Waals surface area contributed by atoms with Crippen LogP contribution >= 0.6 is 23.5 Å². The number of fused-ring (bicyclic) bond motifs is 5. The number of hydrogen-bond acceptors (Lipinski definition) is 3. The Labute approximate surface area is 166 Å². The third-order valence-corrected chi connectivity index (χ3v) is 9.74. The number of carbonyl (C=O) groups is 1. The summed E-state index contributed by atoms with van der Waals surface area (Å²) in [5.41, 5.74) is 14.2. The second-order valence-electron chi connectivity index (χ2n) is 7.74. The Kier molecular flexibility index (Phi) is 3.90. The number of amides is 1. The zero-order chi connectivity index (χ0) is 18.6. The van der Waals surface area contributed by atoms with E-state index < -0.39 is 5.91 Å². The van der Waals surface area contributed by atoms with Gasteiger partial charge in [-0.05, 0) is 48.0 Å². The average Bonchev–Trinajstić information content (AvgIpc) is 3.27. The zero-order valence-corrected chi connectivity index (χ0v) is 16.8. The lowest BCUT2D eigenvalue weighted by molar-refractivity contribution is 0.100. The maximum Gasteiger partial charge on any atom is 0.249 e. The highest BCUT2D eigenvalue weighted by atomic mass is 32.2. The Balaban J connectivity index is 1.61. The highest BCUT2D eigenvalue weighted by Gasteiger charge is 2.47. The molecule has 0 saturated carbocycles. The number of aromatic amines is 1. The van der Waals surface area contributed by atoms with E-state index in [1.165, 1.54) is 34.6 Å². The Morgan fingerprint density at radius 2 is 2.07 bits per heavy atom. The summed E-state index contributed by atoms with van der Waals surface area (Å²) in [6.45, 7) is 2.37. The lowest BCUT2D eigenvalue weighted by Crippen LogP contribution is -2.37. The summed E-state index contributed by atoms with van der Waals surface area (Å²) in [5.74, 6) is 1.98. The summed E-state index contributed by atoms with van der Waals surface area (Å²) < 4.78 is 0.299. The van der Waals surface area contributed by atoms with Crippen molar-refractivity contribution < 1.29 is 4.79 Å². The Morgan fingerprint density at radius 3 is 2.85 bits per heavy atom. The SMILES string of the molecule is CC12CCC3(C=C1CCc1c2[nH]c2cc(C(=O)N=[N+]=[N-])ccc12)SCCS3. The van der Waals surface area contributed by atoms with Crippen molar-refractivity contribution in [2.75, 3.05) is 11.5 Å². The quantitative estimate of drug-likeness (QED) is 0.290. The Morgan fingerprint density at radius 1 is 1.26 bits per heavy atom. The summed E-state index contributed by atoms with van der Waals surface area (Å²) in [6, 6.07) is 5.59. The summed E-state index contributed by atoms with van der Waals surface area (Å²) in [4.78, 5) is 18.2. The number of nitrogens with one attached hydrogen (secondary N) is 1. The fraction of sp³-hybridized carbons (Fsp3) is 0.450. The van der Waals surface area contributed by atoms with Crippen molar-refractivity contribution in [2.24, 2.45) is 5.11 Å². The van der Waals surface area contributed by atoms with Gasteiger partial charge in [0, 0.05) is 44.0 Å². The number of hydrogen-bond donors (Lipinski definition) is 1. The van der Waals surface area contributed by atoms with Gasteiger partial charge in [0.25, 0.3) is 0 Å². The molecule has 138 valence electrons. The molecule has 2 aliphatic carbocycles. The van der Waals surface area contributed by atoms with Crippen molar-refractivity contribution >= 4 is 40.3 Å². The number of aromatic nitrogens is 1. The second kappa shape index (κ2) is 6.09. The lowest BCUT2D eigenvalue weighted by atomic mass is 9.65. The van der Waals surface area contributed by atoms with E-state index >= 15 is 0 Å². The Bertz CT molecular complexity index is 1040. The maximum absolute atomic E-state index is 11.9. The summed E-state index contributed by atoms with van der Waals surface area (Å²) in [7, 11) is 0. The first-order valence-corrected chi connectivity index (χ1v) is 11.3. The number of nitrogens with zero attached hydrogens (tertiary/aromatic N) is 3. The molecule has 7 heteroatoms. The van der Waals surface area contributed by atoms with Gasteiger partial charge in [0.2, 0.25) is 5.91 Å². The van der Waals surface area contributed by atoms with E-state index in [0.717, 1.165) is 24.8 Å². The van der Waals surface area contributed by atoms with Crippen LogP contribution < -0.4 is 0 Å². The van der Waals surface area contributed by atoms with Crippen LogP contribution in [0.3, 0.4) is 0 Å². The number of allylic oxidation sites excluding steroid dienone is 1. The summed E-state index contributed by atoms with van der Waals surface area (Å²) in [5, 5.41) is 4.41. The first kappa shape index (κ1) is 17.3. The van der Waals surface area contributed by atoms with Crippen LogP contribution in [0, 0.1) is 0 Å². The largest absolute Gasteiger partial charge is 0.357 e. The van der Waals surface area contributed by atoms with Crippen molar-refractivity contribution in [3.05, 3.63) is 57.1 Å². The van der Waals surface area contributed by atoms with Crippen molar-refractivity contribution in [3.8, 4) is 0 Å². The van der Waals surface area contributed by atoms with Gasteiger partial charge in [0.1, 0.15) is 0 Å². The molecular formula is C20H20N4OS2. The van der Waals surface area contributed by atoms with E-state index in [1.54, 1.807) is 11.6 Å². The molecule has 2 aromatic rings. The number of thioether (sulfide) groups is 2. The molecule has 1 N–H and O–H groups in total. The number of aryl methyl sites for hydroxylation is 1. The summed E-state index contributed by atoms with van der Waals surface area (Å²) >= 11 is 4.23. The van der Waals surface area contributed by atoms with E-state index in [9.17, 15) is 4.79 Å². The number of azide groups is 1. The monoisotopic (exact) mass is 396 g/mol. The molecule has 0 bridgehead atoms. The minimum absolute atomic E-state index is 0.0521. The van der Waals surface area contributed by atoms with Crippen LogP contribution in [0.5, 0.6) is 0 Å². The Hall–Kier alpha value is -1.82. The molecule has 1 saturated heterocycles. The number of H-pyrrole nitrogens is 1. The van der Waals surface area contributed by atoms with E-state index in [4.69, 9.17) is 5.53 Å². The predicted molar refractivity (Wildman–Crippen MR) is 112 cm³/mol. The van der Waals surface area contributed by atoms with Gasteiger partial charge in [-0.3, -0.25) is 4.79 Å². The van der Waals surface area contributed by atoms with Crippen LogP contribution in [-0.4, -0.2) is 26.5 Å². The molecule has 1 amide bonds. The molecule has 5 nitrogen and oxygen atoms in total. The molecule has 1 aliphatic heterocycles. The fourth-order valence-corrected chi connectivity index (χ4v) is 8.03. The van der Waals surface area contributed by atoms with Crippen molar-refractivity contribution in [1.29, 1.82) is 0 Å². The molecule has 2 heterocycles. The van der Waals surface area contributed by atoms with Crippen molar-refractivity contribution in [1.82, 2.24) is 4.98 Å². The highest BCUT2D eigenvalue weighted by Crippen LogP contribution is 2.58. The van der Waals surface area contributed by atoms with Crippen LogP contribution in [0.1, 0.15) is 47.8 Å². The van der Waals surface area contributed by atoms with Crippen molar-refractivity contribution in [2.45, 2.75) is 42.1 Å². The topological polar surface area (TPSA) is 81.6 Å². The van der Waals surface area contributed by atoms with Crippen LogP contribution in [0.25, 0.3) is 21.3 Å². The number of rotatable bonds is 1. The third-order valence-electron chi connectivity index (χ3n) is 6.34. The number of carbonyl (C=O) groups excluding carboxylic acids is 1. The van der Waals surface area contributed by atoms with Crippen LogP contribution in [0.2, 0.25) is 0 Å². The normalized spacial score (nSPS) is 25.6. The van der Waals surface area contributed by atoms with E-state index in [-0.39, 0.29) is 5.41 Å². The van der Waals surface area contributed by atoms with E-state index in [1.807, 2.05) is 12.1 Å². The summed E-state index contributed by atoms with van der Waals surface area (Å²) in [6.07, 6.45) is 7.08. The van der Waals surface area contributed by atoms with Gasteiger partial charge in [0.05, 0.1) is 4.08 Å². The van der Waals surface area contributed by atoms with Crippen LogP contribution in [0.15, 0.2) is 35.0 Å². The molecule has 1 spiro atoms. The van der Waals surface area contributed by atoms with Gasteiger partial charge in [-0.2, -0.15) is 0 Å². The highest BCUT2D eigenvalue weighted by molar-refractivity contribution is 8.21. The van der Waals surface area contributed by atoms with Gasteiger partial charge in [0.15, 0.2) is 0 Å². The van der Waals surface area contributed by atoms with Gasteiger partial charge < -0.3 is 4.98 Å². The molecule has 3 aliphatic rings. The lowest BCUT2D eigenvalue weighted by Gasteiger charge is -2.44. The first-order chi connectivity index (χ1) is 13.0. The smallest absolute Gasteiger partial charge is 0.249 e. The fourth-order valence-electron chi connectivity index (χ4n) is 4.89. The number of benzene rings is 1. The molecule has 5 rings (SSSR count). The van der Waals surface area contributed by atoms with Crippen molar-refractivity contribution in [3.63, 3.8) is 0 Å². The molecule has 27 heavy (non-hydrogen) atoms. The van der Waals surface area contributed by atoms with Gasteiger partial charge in [-0.15, -0.1) is 23.5 Å². The van der Waals surface area contributed by atoms with Crippen LogP contribution in [0.4, 0.5) is 0 Å². The molecule has 1 aromatic carbocycles. The molecular weight excluding hydrogens is 376 g/mol. The molecule has 0 radical (unpaired) electrons. The first-order valence-electron chi connectivity index (χ1n) is 9.29. The molecule has 1 fully saturated rings. The minimum atomic E-state index is -0.534. The second-order valence-corrected chi connectivity index (χ2v) is 10.9. The van der Waals surface area contributed by atoms with Crippen LogP contribution in [-0.2, 0) is 11.8 Å². The van der Waals surface area contributed by atoms with Gasteiger partial charge in [-0.1, -0.05) is 30.7 Å². The zero-order valence-electron chi connectivity index (χ0n) is 15.1. The van der Waals surface area contributed by atoms with Gasteiger partial charge in [-0.25, -0.2) is 0 Å². The van der Waals surface area contributed by atoms with E-state index in [2.05, 4.69) is 51.5 Å². The van der Waals surface area contributed by atoms with E-state index in [0.29, 0.717) is 9.64 Å². The third kappa shape index (κ3) is 2.56. The van der Waals surface area contributed by atoms with Gasteiger partial charge >= 0.3 is 0 Å². The predicted octanol–water partition coefficient (Wildman–Crippen LogP) is 5.72. The standard InChI is InChI=1S/C20H20N4OS2/c1-19-6-7-20(26-8-9-27-20)11-13(19)3-5-15-14-4-2-12(18(25)23-24-21)10-16(14)22-17(15)19/h2,4,10-11,22H,3,5-9H2,1H3. The average molecular weight is 397 g/mol. The molecule has 1 unspecified atom stereocenters. The molecule has 1 aromatic heterocycles. The maximum atomic E-state index is 11.9.